The van der Waals surface area contributed by atoms with Crippen LogP contribution >= 0.6 is 34.8 Å². The molecule has 0 aliphatic rings. The van der Waals surface area contributed by atoms with Crippen molar-refractivity contribution in [2.45, 2.75) is 32.4 Å². The third-order valence-corrected chi connectivity index (χ3v) is 3.97. The molecule has 96 valence electrons. The van der Waals surface area contributed by atoms with Crippen LogP contribution in [0.2, 0.25) is 15.1 Å². The Hall–Kier alpha value is 0.01000. The molecule has 0 radical (unpaired) electrons. The van der Waals surface area contributed by atoms with Crippen LogP contribution in [0.25, 0.3) is 0 Å². The Bertz CT molecular complexity index is 384. The number of aliphatic hydroxyl groups is 1. The molecule has 5 heteroatoms. The average Bonchev–Trinajstić information content (AvgIpc) is 2.32. The summed E-state index contributed by atoms with van der Waals surface area (Å²) in [6.45, 7) is 4.42. The summed E-state index contributed by atoms with van der Waals surface area (Å²) in [7, 11) is 0. The van der Waals surface area contributed by atoms with Crippen molar-refractivity contribution in [3.05, 3.63) is 32.8 Å². The van der Waals surface area contributed by atoms with Gasteiger partial charge in [-0.2, -0.15) is 0 Å². The third kappa shape index (κ3) is 4.01. The van der Waals surface area contributed by atoms with Gasteiger partial charge in [-0.15, -0.1) is 0 Å². The zero-order valence-corrected chi connectivity index (χ0v) is 12.1. The van der Waals surface area contributed by atoms with Crippen molar-refractivity contribution in [2.75, 3.05) is 6.54 Å². The van der Waals surface area contributed by atoms with Gasteiger partial charge in [0.2, 0.25) is 0 Å². The van der Waals surface area contributed by atoms with Crippen molar-refractivity contribution >= 4 is 34.8 Å². The first-order chi connectivity index (χ1) is 7.97. The number of hydrogen-bond donors (Lipinski definition) is 2. The summed E-state index contributed by atoms with van der Waals surface area (Å²) < 4.78 is 0. The monoisotopic (exact) mass is 295 g/mol. The zero-order chi connectivity index (χ0) is 13.0. The van der Waals surface area contributed by atoms with Gasteiger partial charge >= 0.3 is 0 Å². The summed E-state index contributed by atoms with van der Waals surface area (Å²) in [6, 6.07) is 3.57. The van der Waals surface area contributed by atoms with E-state index in [1.54, 1.807) is 6.07 Å². The van der Waals surface area contributed by atoms with E-state index in [4.69, 9.17) is 34.8 Å². The fourth-order valence-corrected chi connectivity index (χ4v) is 2.15. The van der Waals surface area contributed by atoms with Crippen molar-refractivity contribution in [1.29, 1.82) is 0 Å². The Balaban J connectivity index is 2.76. The number of hydrogen-bond acceptors (Lipinski definition) is 2. The van der Waals surface area contributed by atoms with E-state index >= 15 is 0 Å². The smallest absolute Gasteiger partial charge is 0.0781 e. The summed E-state index contributed by atoms with van der Waals surface area (Å²) in [5.74, 6) is 0. The minimum Gasteiger partial charge on any atom is -0.392 e. The Morgan fingerprint density at radius 3 is 2.47 bits per heavy atom. The molecule has 2 atom stereocenters. The molecule has 2 N–H and O–H groups in total. The molecule has 1 rings (SSSR count). The van der Waals surface area contributed by atoms with Gasteiger partial charge < -0.3 is 10.4 Å². The van der Waals surface area contributed by atoms with Crippen molar-refractivity contribution in [2.24, 2.45) is 0 Å². The predicted molar refractivity (Wildman–Crippen MR) is 74.2 cm³/mol. The van der Waals surface area contributed by atoms with Crippen LogP contribution < -0.4 is 5.32 Å². The Morgan fingerprint density at radius 2 is 1.88 bits per heavy atom. The van der Waals surface area contributed by atoms with Crippen molar-refractivity contribution in [3.63, 3.8) is 0 Å². The van der Waals surface area contributed by atoms with Crippen LogP contribution in [-0.2, 0) is 0 Å². The number of rotatable bonds is 5. The lowest BCUT2D eigenvalue weighted by Gasteiger charge is -2.18. The van der Waals surface area contributed by atoms with Gasteiger partial charge in [0.25, 0.3) is 0 Å². The molecule has 0 heterocycles. The second-order valence-electron chi connectivity index (χ2n) is 3.96. The zero-order valence-electron chi connectivity index (χ0n) is 9.80. The number of nitrogens with one attached hydrogen (secondary N) is 1. The van der Waals surface area contributed by atoms with Crippen LogP contribution in [0.15, 0.2) is 12.1 Å². The Morgan fingerprint density at radius 1 is 1.24 bits per heavy atom. The van der Waals surface area contributed by atoms with Crippen molar-refractivity contribution in [3.8, 4) is 0 Å². The minimum atomic E-state index is -0.348. The Labute approximate surface area is 117 Å². The molecule has 0 bridgehead atoms. The molecule has 0 saturated carbocycles. The number of aliphatic hydroxyl groups excluding tert-OH is 1. The maximum atomic E-state index is 9.48. The van der Waals surface area contributed by atoms with E-state index in [0.717, 1.165) is 12.0 Å². The molecule has 0 aliphatic heterocycles. The van der Waals surface area contributed by atoms with E-state index in [9.17, 15) is 5.11 Å². The lowest BCUT2D eigenvalue weighted by molar-refractivity contribution is 0.164. The van der Waals surface area contributed by atoms with E-state index in [1.807, 2.05) is 19.9 Å². The van der Waals surface area contributed by atoms with Gasteiger partial charge in [0.1, 0.15) is 0 Å². The molecule has 17 heavy (non-hydrogen) atoms. The molecular weight excluding hydrogens is 280 g/mol. The first kappa shape index (κ1) is 15.1. The summed E-state index contributed by atoms with van der Waals surface area (Å²) in [6.07, 6.45) is 0.369. The second-order valence-corrected chi connectivity index (χ2v) is 5.12. The molecule has 0 aliphatic carbocycles. The highest BCUT2D eigenvalue weighted by atomic mass is 35.5. The van der Waals surface area contributed by atoms with Crippen LogP contribution in [0.1, 0.15) is 31.9 Å². The summed E-state index contributed by atoms with van der Waals surface area (Å²) >= 11 is 18.0. The lowest BCUT2D eigenvalue weighted by Crippen LogP contribution is -2.28. The largest absolute Gasteiger partial charge is 0.392 e. The van der Waals surface area contributed by atoms with Crippen molar-refractivity contribution in [1.82, 2.24) is 5.32 Å². The molecule has 1 aromatic rings. The second kappa shape index (κ2) is 6.81. The van der Waals surface area contributed by atoms with E-state index in [-0.39, 0.29) is 12.1 Å². The Kier molecular flexibility index (Phi) is 6.04. The number of benzene rings is 1. The lowest BCUT2D eigenvalue weighted by atomic mass is 10.1. The van der Waals surface area contributed by atoms with Gasteiger partial charge in [-0.25, -0.2) is 0 Å². The van der Waals surface area contributed by atoms with Crippen LogP contribution in [0.4, 0.5) is 0 Å². The summed E-state index contributed by atoms with van der Waals surface area (Å²) in [5, 5.41) is 14.0. The first-order valence-corrected chi connectivity index (χ1v) is 6.65. The maximum absolute atomic E-state index is 9.48. The van der Waals surface area contributed by atoms with E-state index in [2.05, 4.69) is 5.32 Å². The van der Waals surface area contributed by atoms with Gasteiger partial charge in [0.15, 0.2) is 0 Å². The molecule has 0 amide bonds. The van der Waals surface area contributed by atoms with Crippen LogP contribution in [0, 0.1) is 0 Å². The topological polar surface area (TPSA) is 32.3 Å². The maximum Gasteiger partial charge on any atom is 0.0781 e. The van der Waals surface area contributed by atoms with E-state index in [0.29, 0.717) is 21.6 Å². The first-order valence-electron chi connectivity index (χ1n) is 5.52. The highest BCUT2D eigenvalue weighted by molar-refractivity contribution is 6.48. The molecular formula is C12H16Cl3NO. The van der Waals surface area contributed by atoms with Crippen LogP contribution in [0.3, 0.4) is 0 Å². The highest BCUT2D eigenvalue weighted by Gasteiger charge is 2.14. The van der Waals surface area contributed by atoms with Crippen LogP contribution in [0.5, 0.6) is 0 Å². The van der Waals surface area contributed by atoms with Gasteiger partial charge in [-0.05, 0) is 25.0 Å². The fourth-order valence-electron chi connectivity index (χ4n) is 1.44. The van der Waals surface area contributed by atoms with Gasteiger partial charge in [0, 0.05) is 12.6 Å². The van der Waals surface area contributed by atoms with Gasteiger partial charge in [-0.1, -0.05) is 47.8 Å². The molecule has 0 aromatic heterocycles. The molecule has 0 saturated heterocycles. The molecule has 2 unspecified atom stereocenters. The third-order valence-electron chi connectivity index (χ3n) is 2.66. The fraction of sp³-hybridized carbons (Fsp3) is 0.500. The summed E-state index contributed by atoms with van der Waals surface area (Å²) in [4.78, 5) is 0. The SMILES string of the molecule is CCC(O)CNC(C)c1ccc(Cl)c(Cl)c1Cl. The van der Waals surface area contributed by atoms with Crippen molar-refractivity contribution < 1.29 is 5.11 Å². The molecule has 1 aromatic carbocycles. The van der Waals surface area contributed by atoms with Gasteiger partial charge in [-0.3, -0.25) is 0 Å². The highest BCUT2D eigenvalue weighted by Crippen LogP contribution is 2.35. The van der Waals surface area contributed by atoms with E-state index in [1.165, 1.54) is 0 Å². The predicted octanol–water partition coefficient (Wildman–Crippen LogP) is 4.07. The van der Waals surface area contributed by atoms with Crippen LogP contribution in [-0.4, -0.2) is 17.8 Å². The standard InChI is InChI=1S/C12H16Cl3NO/c1-3-8(17)6-16-7(2)9-4-5-10(13)12(15)11(9)14/h4-5,7-8,16-17H,3,6H2,1-2H3. The molecule has 2 nitrogen and oxygen atoms in total. The van der Waals surface area contributed by atoms with Gasteiger partial charge in [0.05, 0.1) is 21.2 Å². The molecule has 0 spiro atoms. The summed E-state index contributed by atoms with van der Waals surface area (Å²) in [5.41, 5.74) is 0.879. The molecule has 0 fully saturated rings. The minimum absolute atomic E-state index is 0.0125. The van der Waals surface area contributed by atoms with E-state index < -0.39 is 0 Å². The quantitative estimate of drug-likeness (QED) is 0.803. The average molecular weight is 297 g/mol. The number of halogens is 3. The normalized spacial score (nSPS) is 14.7.